The molecule has 21 heavy (non-hydrogen) atoms. The third-order valence-corrected chi connectivity index (χ3v) is 6.41. The van der Waals surface area contributed by atoms with Crippen LogP contribution < -0.4 is 5.56 Å². The van der Waals surface area contributed by atoms with Crippen LogP contribution in [0.3, 0.4) is 0 Å². The molecule has 108 valence electrons. The van der Waals surface area contributed by atoms with E-state index in [9.17, 15) is 4.79 Å². The largest absolute Gasteiger partial charge is 0.305 e. The fraction of sp³-hybridized carbons (Fsp3) is 0.375. The Morgan fingerprint density at radius 3 is 3.05 bits per heavy atom. The molecule has 0 radical (unpaired) electrons. The summed E-state index contributed by atoms with van der Waals surface area (Å²) in [5, 5.41) is 2.87. The topological polar surface area (TPSA) is 45.8 Å². The maximum atomic E-state index is 12.5. The molecule has 0 saturated heterocycles. The van der Waals surface area contributed by atoms with E-state index in [1.54, 1.807) is 22.7 Å². The summed E-state index contributed by atoms with van der Waals surface area (Å²) in [6.45, 7) is 4.34. The smallest absolute Gasteiger partial charge is 0.260 e. The summed E-state index contributed by atoms with van der Waals surface area (Å²) in [6.07, 6.45) is 3.27. The molecule has 0 spiro atoms. The highest BCUT2D eigenvalue weighted by Crippen LogP contribution is 2.36. The summed E-state index contributed by atoms with van der Waals surface area (Å²) < 4.78 is 0. The van der Waals surface area contributed by atoms with Gasteiger partial charge in [0.15, 0.2) is 5.82 Å². The van der Waals surface area contributed by atoms with Crippen LogP contribution in [0.25, 0.3) is 20.9 Å². The number of nitrogens with zero attached hydrogens (tertiary/aromatic N) is 1. The lowest BCUT2D eigenvalue weighted by Crippen LogP contribution is -2.13. The first kappa shape index (κ1) is 13.2. The predicted molar refractivity (Wildman–Crippen MR) is 89.5 cm³/mol. The van der Waals surface area contributed by atoms with Gasteiger partial charge in [-0.1, -0.05) is 6.92 Å². The second-order valence-electron chi connectivity index (χ2n) is 5.88. The number of aromatic amines is 1. The van der Waals surface area contributed by atoms with Crippen LogP contribution in [0, 0.1) is 12.8 Å². The highest BCUT2D eigenvalue weighted by atomic mass is 32.1. The molecule has 0 saturated carbocycles. The van der Waals surface area contributed by atoms with Crippen molar-refractivity contribution in [2.24, 2.45) is 5.92 Å². The van der Waals surface area contributed by atoms with Crippen LogP contribution in [0.1, 0.15) is 29.3 Å². The van der Waals surface area contributed by atoms with Gasteiger partial charge in [-0.25, -0.2) is 4.98 Å². The maximum Gasteiger partial charge on any atom is 0.260 e. The van der Waals surface area contributed by atoms with Crippen molar-refractivity contribution in [1.82, 2.24) is 9.97 Å². The van der Waals surface area contributed by atoms with Crippen LogP contribution in [0.4, 0.5) is 0 Å². The summed E-state index contributed by atoms with van der Waals surface area (Å²) in [7, 11) is 0. The van der Waals surface area contributed by atoms with E-state index in [1.165, 1.54) is 16.9 Å². The Kier molecular flexibility index (Phi) is 3.01. The molecular weight excluding hydrogens is 300 g/mol. The highest BCUT2D eigenvalue weighted by Gasteiger charge is 2.23. The SMILES string of the molecule is Cc1ccsc1-c1nc2sc3c(c2c(=O)[nH]1)CCC(C)C3. The van der Waals surface area contributed by atoms with Gasteiger partial charge in [0.2, 0.25) is 0 Å². The minimum atomic E-state index is 0.0230. The van der Waals surface area contributed by atoms with Crippen LogP contribution in [0.15, 0.2) is 16.2 Å². The standard InChI is InChI=1S/C16H16N2OS2/c1-8-3-4-10-11(7-8)21-16-12(10)15(19)17-14(18-16)13-9(2)5-6-20-13/h5-6,8H,3-4,7H2,1-2H3,(H,17,18,19). The maximum absolute atomic E-state index is 12.5. The number of aryl methyl sites for hydroxylation is 2. The van der Waals surface area contributed by atoms with Crippen LogP contribution in [0.5, 0.6) is 0 Å². The second kappa shape index (κ2) is 4.78. The molecule has 3 nitrogen and oxygen atoms in total. The van der Waals surface area contributed by atoms with Gasteiger partial charge in [-0.3, -0.25) is 4.79 Å². The van der Waals surface area contributed by atoms with Crippen molar-refractivity contribution in [3.8, 4) is 10.7 Å². The van der Waals surface area contributed by atoms with E-state index in [1.807, 2.05) is 5.38 Å². The number of hydrogen-bond donors (Lipinski definition) is 1. The van der Waals surface area contributed by atoms with Crippen LogP contribution >= 0.6 is 22.7 Å². The summed E-state index contributed by atoms with van der Waals surface area (Å²) in [5.74, 6) is 1.43. The molecule has 5 heteroatoms. The number of aromatic nitrogens is 2. The van der Waals surface area contributed by atoms with Crippen LogP contribution in [-0.2, 0) is 12.8 Å². The fourth-order valence-electron chi connectivity index (χ4n) is 3.07. The van der Waals surface area contributed by atoms with E-state index in [2.05, 4.69) is 24.9 Å². The third kappa shape index (κ3) is 2.07. The Morgan fingerprint density at radius 1 is 1.43 bits per heavy atom. The Bertz CT molecular complexity index is 887. The van der Waals surface area contributed by atoms with Crippen LogP contribution in [0.2, 0.25) is 0 Å². The average Bonchev–Trinajstić information content (AvgIpc) is 3.01. The van der Waals surface area contributed by atoms with E-state index in [4.69, 9.17) is 4.98 Å². The van der Waals surface area contributed by atoms with E-state index in [0.29, 0.717) is 11.7 Å². The number of hydrogen-bond acceptors (Lipinski definition) is 4. The number of H-pyrrole nitrogens is 1. The van der Waals surface area contributed by atoms with Gasteiger partial charge in [0.1, 0.15) is 4.83 Å². The minimum Gasteiger partial charge on any atom is -0.305 e. The zero-order chi connectivity index (χ0) is 14.6. The molecule has 0 aliphatic heterocycles. The molecule has 4 rings (SSSR count). The van der Waals surface area contributed by atoms with Crippen molar-refractivity contribution in [3.05, 3.63) is 37.8 Å². The summed E-state index contributed by atoms with van der Waals surface area (Å²) in [5.41, 5.74) is 2.43. The summed E-state index contributed by atoms with van der Waals surface area (Å²) in [6, 6.07) is 2.06. The second-order valence-corrected chi connectivity index (χ2v) is 7.88. The highest BCUT2D eigenvalue weighted by molar-refractivity contribution is 7.19. The molecule has 1 aliphatic rings. The number of rotatable bonds is 1. The predicted octanol–water partition coefficient (Wildman–Crippen LogP) is 4.15. The van der Waals surface area contributed by atoms with Crippen molar-refractivity contribution < 1.29 is 0 Å². The molecule has 1 unspecified atom stereocenters. The van der Waals surface area contributed by atoms with Gasteiger partial charge < -0.3 is 4.98 Å². The van der Waals surface area contributed by atoms with Gasteiger partial charge >= 0.3 is 0 Å². The monoisotopic (exact) mass is 316 g/mol. The van der Waals surface area contributed by atoms with Gasteiger partial charge in [0.05, 0.1) is 10.3 Å². The summed E-state index contributed by atoms with van der Waals surface area (Å²) >= 11 is 3.34. The molecule has 0 amide bonds. The van der Waals surface area contributed by atoms with Gasteiger partial charge in [-0.05, 0) is 54.7 Å². The van der Waals surface area contributed by atoms with Crippen molar-refractivity contribution in [3.63, 3.8) is 0 Å². The lowest BCUT2D eigenvalue weighted by Gasteiger charge is -2.17. The van der Waals surface area contributed by atoms with E-state index >= 15 is 0 Å². The Balaban J connectivity index is 1.96. The number of fused-ring (bicyclic) bond motifs is 3. The fourth-order valence-corrected chi connectivity index (χ4v) is 5.33. The van der Waals surface area contributed by atoms with Crippen molar-refractivity contribution in [2.75, 3.05) is 0 Å². The van der Waals surface area contributed by atoms with Gasteiger partial charge in [0, 0.05) is 4.88 Å². The molecule has 3 aromatic heterocycles. The Morgan fingerprint density at radius 2 is 2.29 bits per heavy atom. The molecule has 1 aliphatic carbocycles. The van der Waals surface area contributed by atoms with Crippen molar-refractivity contribution in [2.45, 2.75) is 33.1 Å². The first-order chi connectivity index (χ1) is 10.1. The normalized spacial score (nSPS) is 18.1. The molecule has 1 atom stereocenters. The Labute approximate surface area is 130 Å². The first-order valence-corrected chi connectivity index (χ1v) is 8.92. The van der Waals surface area contributed by atoms with E-state index in [-0.39, 0.29) is 5.56 Å². The van der Waals surface area contributed by atoms with Gasteiger partial charge in [-0.15, -0.1) is 22.7 Å². The Hall–Kier alpha value is -1.46. The quantitative estimate of drug-likeness (QED) is 0.733. The zero-order valence-electron chi connectivity index (χ0n) is 12.0. The summed E-state index contributed by atoms with van der Waals surface area (Å²) in [4.78, 5) is 23.6. The zero-order valence-corrected chi connectivity index (χ0v) is 13.7. The molecular formula is C16H16N2OS2. The molecule has 0 aromatic carbocycles. The first-order valence-electron chi connectivity index (χ1n) is 7.22. The van der Waals surface area contributed by atoms with E-state index < -0.39 is 0 Å². The number of nitrogens with one attached hydrogen (secondary N) is 1. The van der Waals surface area contributed by atoms with Gasteiger partial charge in [0.25, 0.3) is 5.56 Å². The molecule has 0 bridgehead atoms. The molecule has 0 fully saturated rings. The van der Waals surface area contributed by atoms with Crippen molar-refractivity contribution >= 4 is 32.9 Å². The van der Waals surface area contributed by atoms with E-state index in [0.717, 1.165) is 33.5 Å². The van der Waals surface area contributed by atoms with Crippen LogP contribution in [-0.4, -0.2) is 9.97 Å². The lowest BCUT2D eigenvalue weighted by molar-refractivity contribution is 0.509. The lowest BCUT2D eigenvalue weighted by atomic mass is 9.89. The molecule has 3 aromatic rings. The van der Waals surface area contributed by atoms with Gasteiger partial charge in [-0.2, -0.15) is 0 Å². The van der Waals surface area contributed by atoms with Crippen molar-refractivity contribution in [1.29, 1.82) is 0 Å². The average molecular weight is 316 g/mol. The third-order valence-electron chi connectivity index (χ3n) is 4.24. The minimum absolute atomic E-state index is 0.0230. The molecule has 1 N–H and O–H groups in total. The molecule has 3 heterocycles. The number of thiophene rings is 2.